The SMILES string of the molecule is [B]Nc1noc2ccc(C)cc12. The minimum atomic E-state index is 0.578. The second kappa shape index (κ2) is 2.55. The molecule has 1 aromatic carbocycles. The van der Waals surface area contributed by atoms with Crippen molar-refractivity contribution >= 4 is 24.8 Å². The molecule has 0 aliphatic rings. The molecule has 3 nitrogen and oxygen atoms in total. The Labute approximate surface area is 71.2 Å². The van der Waals surface area contributed by atoms with E-state index in [1.54, 1.807) is 0 Å². The summed E-state index contributed by atoms with van der Waals surface area (Å²) in [6.07, 6.45) is 0. The number of nitrogens with zero attached hydrogens (tertiary/aromatic N) is 1. The van der Waals surface area contributed by atoms with Gasteiger partial charge in [-0.1, -0.05) is 16.8 Å². The normalized spacial score (nSPS) is 10.4. The molecule has 4 heteroatoms. The Bertz CT molecular complexity index is 410. The summed E-state index contributed by atoms with van der Waals surface area (Å²) < 4.78 is 5.00. The lowest BCUT2D eigenvalue weighted by Crippen LogP contribution is -1.89. The highest BCUT2D eigenvalue weighted by molar-refractivity contribution is 6.17. The predicted octanol–water partition coefficient (Wildman–Crippen LogP) is 1.63. The lowest BCUT2D eigenvalue weighted by atomic mass is 10.2. The van der Waals surface area contributed by atoms with Gasteiger partial charge >= 0.3 is 0 Å². The van der Waals surface area contributed by atoms with Gasteiger partial charge in [-0.15, -0.1) is 0 Å². The van der Waals surface area contributed by atoms with Crippen molar-refractivity contribution < 1.29 is 4.52 Å². The van der Waals surface area contributed by atoms with Crippen molar-refractivity contribution in [3.8, 4) is 0 Å². The maximum absolute atomic E-state index is 5.24. The Hall–Kier alpha value is -1.45. The van der Waals surface area contributed by atoms with Crippen LogP contribution in [0.15, 0.2) is 22.7 Å². The van der Waals surface area contributed by atoms with Crippen molar-refractivity contribution in [3.63, 3.8) is 0 Å². The van der Waals surface area contributed by atoms with E-state index in [0.717, 1.165) is 16.5 Å². The van der Waals surface area contributed by atoms with Gasteiger partial charge < -0.3 is 9.75 Å². The molecule has 0 aliphatic heterocycles. The van der Waals surface area contributed by atoms with Gasteiger partial charge in [0.15, 0.2) is 11.4 Å². The predicted molar refractivity (Wildman–Crippen MR) is 48.1 cm³/mol. The molecular weight excluding hydrogens is 151 g/mol. The number of nitrogens with one attached hydrogen (secondary N) is 1. The molecule has 0 saturated heterocycles. The molecule has 1 aromatic heterocycles. The number of benzene rings is 1. The maximum Gasteiger partial charge on any atom is 0.224 e. The Morgan fingerprint density at radius 2 is 2.33 bits per heavy atom. The summed E-state index contributed by atoms with van der Waals surface area (Å²) in [7, 11) is 5.24. The van der Waals surface area contributed by atoms with Crippen molar-refractivity contribution in [1.29, 1.82) is 0 Å². The average Bonchev–Trinajstić information content (AvgIpc) is 2.46. The maximum atomic E-state index is 5.24. The van der Waals surface area contributed by atoms with E-state index >= 15 is 0 Å². The number of fused-ring (bicyclic) bond motifs is 1. The molecule has 0 saturated carbocycles. The van der Waals surface area contributed by atoms with E-state index in [4.69, 9.17) is 12.5 Å². The quantitative estimate of drug-likeness (QED) is 0.640. The van der Waals surface area contributed by atoms with Crippen LogP contribution in [0.5, 0.6) is 0 Å². The summed E-state index contributed by atoms with van der Waals surface area (Å²) in [5, 5.41) is 7.13. The van der Waals surface area contributed by atoms with E-state index in [-0.39, 0.29) is 0 Å². The molecule has 2 rings (SSSR count). The molecule has 58 valence electrons. The van der Waals surface area contributed by atoms with Crippen molar-refractivity contribution in [3.05, 3.63) is 23.8 Å². The molecule has 0 atom stereocenters. The van der Waals surface area contributed by atoms with Gasteiger partial charge in [-0.25, -0.2) is 0 Å². The Morgan fingerprint density at radius 3 is 3.08 bits per heavy atom. The van der Waals surface area contributed by atoms with Gasteiger partial charge in [-0.05, 0) is 19.1 Å². The zero-order valence-corrected chi connectivity index (χ0v) is 6.66. The van der Waals surface area contributed by atoms with Crippen LogP contribution in [0.25, 0.3) is 11.0 Å². The van der Waals surface area contributed by atoms with E-state index in [2.05, 4.69) is 10.4 Å². The Kier molecular flexibility index (Phi) is 1.53. The van der Waals surface area contributed by atoms with Crippen LogP contribution in [0.2, 0.25) is 0 Å². The fourth-order valence-corrected chi connectivity index (χ4v) is 1.16. The van der Waals surface area contributed by atoms with E-state index in [1.165, 1.54) is 0 Å². The second-order valence-electron chi connectivity index (χ2n) is 2.68. The van der Waals surface area contributed by atoms with Crippen molar-refractivity contribution in [2.24, 2.45) is 0 Å². The molecule has 0 amide bonds. The van der Waals surface area contributed by atoms with Gasteiger partial charge in [-0.2, -0.15) is 0 Å². The summed E-state index contributed by atoms with van der Waals surface area (Å²) >= 11 is 0. The molecular formula is C8H7BN2O. The van der Waals surface area contributed by atoms with Gasteiger partial charge in [0.25, 0.3) is 0 Å². The Balaban J connectivity index is 2.75. The lowest BCUT2D eigenvalue weighted by Gasteiger charge is -1.93. The third kappa shape index (κ3) is 0.960. The van der Waals surface area contributed by atoms with Crippen LogP contribution < -0.4 is 5.23 Å². The van der Waals surface area contributed by atoms with Gasteiger partial charge in [0.1, 0.15) is 0 Å². The smallest absolute Gasteiger partial charge is 0.224 e. The third-order valence-electron chi connectivity index (χ3n) is 1.76. The zero-order valence-electron chi connectivity index (χ0n) is 6.66. The first-order chi connectivity index (χ1) is 5.81. The van der Waals surface area contributed by atoms with Gasteiger partial charge in [0.2, 0.25) is 7.98 Å². The first-order valence-electron chi connectivity index (χ1n) is 3.64. The average molecular weight is 158 g/mol. The fourth-order valence-electron chi connectivity index (χ4n) is 1.16. The second-order valence-corrected chi connectivity index (χ2v) is 2.68. The molecule has 12 heavy (non-hydrogen) atoms. The number of hydrogen-bond donors (Lipinski definition) is 1. The molecule has 1 heterocycles. The standard InChI is InChI=1S/C8H7BN2O/c1-5-2-3-7-6(4-5)8(10-9)11-12-7/h2-4H,1H3,(H,10,11). The summed E-state index contributed by atoms with van der Waals surface area (Å²) in [4.78, 5) is 0. The van der Waals surface area contributed by atoms with Crippen LogP contribution in [0, 0.1) is 6.92 Å². The van der Waals surface area contributed by atoms with Crippen molar-refractivity contribution in [2.75, 3.05) is 5.23 Å². The van der Waals surface area contributed by atoms with Crippen LogP contribution in [0.4, 0.5) is 5.82 Å². The summed E-state index contributed by atoms with van der Waals surface area (Å²) in [6, 6.07) is 5.81. The zero-order chi connectivity index (χ0) is 8.55. The number of aromatic nitrogens is 1. The summed E-state index contributed by atoms with van der Waals surface area (Å²) in [6.45, 7) is 2.01. The third-order valence-corrected chi connectivity index (χ3v) is 1.76. The van der Waals surface area contributed by atoms with E-state index in [0.29, 0.717) is 5.82 Å². The lowest BCUT2D eigenvalue weighted by molar-refractivity contribution is 0.460. The molecule has 0 aliphatic carbocycles. The molecule has 1 N–H and O–H groups in total. The van der Waals surface area contributed by atoms with Gasteiger partial charge in [0.05, 0.1) is 5.39 Å². The van der Waals surface area contributed by atoms with Crippen LogP contribution >= 0.6 is 0 Å². The summed E-state index contributed by atoms with van der Waals surface area (Å²) in [5.41, 5.74) is 1.90. The fraction of sp³-hybridized carbons (Fsp3) is 0.125. The first kappa shape index (κ1) is 7.22. The highest BCUT2D eigenvalue weighted by Crippen LogP contribution is 2.22. The van der Waals surface area contributed by atoms with Gasteiger partial charge in [0, 0.05) is 0 Å². The van der Waals surface area contributed by atoms with Crippen LogP contribution in [0.1, 0.15) is 5.56 Å². The molecule has 0 spiro atoms. The highest BCUT2D eigenvalue weighted by atomic mass is 16.5. The molecule has 2 aromatic rings. The summed E-state index contributed by atoms with van der Waals surface area (Å²) in [5.74, 6) is 0.578. The van der Waals surface area contributed by atoms with Crippen LogP contribution in [-0.4, -0.2) is 13.1 Å². The number of anilines is 1. The van der Waals surface area contributed by atoms with E-state index in [1.807, 2.05) is 25.1 Å². The molecule has 0 fully saturated rings. The van der Waals surface area contributed by atoms with Crippen LogP contribution in [-0.2, 0) is 0 Å². The Morgan fingerprint density at radius 1 is 1.50 bits per heavy atom. The molecule has 0 bridgehead atoms. The van der Waals surface area contributed by atoms with Crippen LogP contribution in [0.3, 0.4) is 0 Å². The van der Waals surface area contributed by atoms with Gasteiger partial charge in [-0.3, -0.25) is 0 Å². The van der Waals surface area contributed by atoms with Crippen molar-refractivity contribution in [2.45, 2.75) is 6.92 Å². The number of rotatable bonds is 1. The first-order valence-corrected chi connectivity index (χ1v) is 3.64. The number of hydrogen-bond acceptors (Lipinski definition) is 3. The molecule has 0 unspecified atom stereocenters. The topological polar surface area (TPSA) is 38.1 Å². The molecule has 2 radical (unpaired) electrons. The monoisotopic (exact) mass is 158 g/mol. The highest BCUT2D eigenvalue weighted by Gasteiger charge is 2.04. The minimum absolute atomic E-state index is 0.578. The largest absolute Gasteiger partial charge is 0.419 e. The van der Waals surface area contributed by atoms with E-state index < -0.39 is 0 Å². The van der Waals surface area contributed by atoms with E-state index in [9.17, 15) is 0 Å². The van der Waals surface area contributed by atoms with Crippen molar-refractivity contribution in [1.82, 2.24) is 5.16 Å². The number of aryl methyl sites for hydroxylation is 1. The minimum Gasteiger partial charge on any atom is -0.419 e.